The van der Waals surface area contributed by atoms with Gasteiger partial charge in [-0.15, -0.1) is 5.10 Å². The predicted octanol–water partition coefficient (Wildman–Crippen LogP) is 3.92. The Hall–Kier alpha value is -4.91. The van der Waals surface area contributed by atoms with Gasteiger partial charge in [0, 0.05) is 23.5 Å². The van der Waals surface area contributed by atoms with Crippen molar-refractivity contribution < 1.29 is 9.47 Å². The van der Waals surface area contributed by atoms with E-state index >= 15 is 0 Å². The number of aromatic nitrogens is 6. The van der Waals surface area contributed by atoms with Crippen LogP contribution in [0.25, 0.3) is 22.7 Å². The Morgan fingerprint density at radius 1 is 1.03 bits per heavy atom. The van der Waals surface area contributed by atoms with Crippen LogP contribution in [0.2, 0.25) is 0 Å². The molecule has 0 saturated carbocycles. The molecular weight excluding hydrogens is 432 g/mol. The van der Waals surface area contributed by atoms with E-state index in [4.69, 9.17) is 9.47 Å². The summed E-state index contributed by atoms with van der Waals surface area (Å²) in [4.78, 5) is 13.1. The van der Waals surface area contributed by atoms with E-state index in [-0.39, 0.29) is 0 Å². The second-order valence-electron chi connectivity index (χ2n) is 7.41. The average molecular weight is 452 g/mol. The van der Waals surface area contributed by atoms with Crippen molar-refractivity contribution in [2.45, 2.75) is 6.92 Å². The summed E-state index contributed by atoms with van der Waals surface area (Å²) in [7, 11) is 3.20. The Balaban J connectivity index is 1.55. The van der Waals surface area contributed by atoms with Gasteiger partial charge in [-0.05, 0) is 31.2 Å². The summed E-state index contributed by atoms with van der Waals surface area (Å²) in [5.74, 6) is 1.95. The molecule has 0 aliphatic rings. The first-order valence-electron chi connectivity index (χ1n) is 10.4. The zero-order valence-electron chi connectivity index (χ0n) is 18.7. The molecule has 0 amide bonds. The Morgan fingerprint density at radius 3 is 2.59 bits per heavy atom. The molecule has 3 heterocycles. The largest absolute Gasteiger partial charge is 0.496 e. The minimum absolute atomic E-state index is 0.326. The van der Waals surface area contributed by atoms with Gasteiger partial charge in [-0.1, -0.05) is 12.1 Å². The third kappa shape index (κ3) is 3.65. The SMILES string of the molecule is COc1ccccc1-c1c(C#N)cnc2nc(Nc3ccc(-n4cnc(C)c4)c(OC)c3)nn12. The Labute approximate surface area is 195 Å². The lowest BCUT2D eigenvalue weighted by Gasteiger charge is -2.11. The number of nitrogens with zero attached hydrogens (tertiary/aromatic N) is 7. The van der Waals surface area contributed by atoms with Gasteiger partial charge in [0.05, 0.1) is 49.4 Å². The molecule has 2 aromatic carbocycles. The van der Waals surface area contributed by atoms with E-state index in [1.807, 2.05) is 60.2 Å². The van der Waals surface area contributed by atoms with Crippen LogP contribution in [0.3, 0.4) is 0 Å². The van der Waals surface area contributed by atoms with Crippen LogP contribution >= 0.6 is 0 Å². The molecule has 0 bridgehead atoms. The van der Waals surface area contributed by atoms with Crippen molar-refractivity contribution in [2.24, 2.45) is 0 Å². The number of benzene rings is 2. The first kappa shape index (κ1) is 21.0. The van der Waals surface area contributed by atoms with Crippen LogP contribution in [0, 0.1) is 18.3 Å². The Bertz CT molecular complexity index is 1550. The summed E-state index contributed by atoms with van der Waals surface area (Å²) in [5, 5.41) is 17.5. The predicted molar refractivity (Wildman–Crippen MR) is 126 cm³/mol. The number of hydrogen-bond acceptors (Lipinski definition) is 8. The summed E-state index contributed by atoms with van der Waals surface area (Å²) in [6.07, 6.45) is 5.15. The lowest BCUT2D eigenvalue weighted by Crippen LogP contribution is -2.02. The topological polar surface area (TPSA) is 115 Å². The fraction of sp³-hybridized carbons (Fsp3) is 0.125. The van der Waals surface area contributed by atoms with Crippen LogP contribution in [0.1, 0.15) is 11.3 Å². The molecule has 10 nitrogen and oxygen atoms in total. The molecule has 5 rings (SSSR count). The molecule has 5 aromatic rings. The minimum atomic E-state index is 0.326. The summed E-state index contributed by atoms with van der Waals surface area (Å²) >= 11 is 0. The van der Waals surface area contributed by atoms with Crippen molar-refractivity contribution >= 4 is 17.4 Å². The average Bonchev–Trinajstić information content (AvgIpc) is 3.48. The maximum atomic E-state index is 9.70. The molecule has 0 unspecified atom stereocenters. The molecule has 0 atom stereocenters. The van der Waals surface area contributed by atoms with Gasteiger partial charge in [-0.2, -0.15) is 14.8 Å². The van der Waals surface area contributed by atoms with Crippen molar-refractivity contribution in [1.82, 2.24) is 29.1 Å². The fourth-order valence-electron chi connectivity index (χ4n) is 3.72. The van der Waals surface area contributed by atoms with Gasteiger partial charge in [-0.3, -0.25) is 0 Å². The quantitative estimate of drug-likeness (QED) is 0.412. The second-order valence-corrected chi connectivity index (χ2v) is 7.41. The van der Waals surface area contributed by atoms with Crippen LogP contribution in [0.15, 0.2) is 61.2 Å². The zero-order valence-corrected chi connectivity index (χ0v) is 18.7. The maximum absolute atomic E-state index is 9.70. The third-order valence-corrected chi connectivity index (χ3v) is 5.27. The first-order valence-corrected chi connectivity index (χ1v) is 10.4. The number of aryl methyl sites for hydroxylation is 1. The molecule has 0 saturated heterocycles. The standard InChI is InChI=1S/C24H20N8O2/c1-15-13-31(14-27-15)19-9-8-17(10-21(19)34-3)28-23-29-24-26-12-16(11-25)22(32(24)30-23)18-6-4-5-7-20(18)33-2/h4-10,12-14H,1-3H3,(H,28,30). The highest BCUT2D eigenvalue weighted by Crippen LogP contribution is 2.32. The van der Waals surface area contributed by atoms with Crippen LogP contribution < -0.4 is 14.8 Å². The molecule has 0 radical (unpaired) electrons. The lowest BCUT2D eigenvalue weighted by molar-refractivity contribution is 0.413. The Kier molecular flexibility index (Phi) is 5.27. The smallest absolute Gasteiger partial charge is 0.254 e. The van der Waals surface area contributed by atoms with Crippen LogP contribution in [0.4, 0.5) is 11.6 Å². The number of methoxy groups -OCH3 is 2. The van der Waals surface area contributed by atoms with Crippen molar-refractivity contribution in [3.05, 3.63) is 72.4 Å². The monoisotopic (exact) mass is 452 g/mol. The van der Waals surface area contributed by atoms with E-state index < -0.39 is 0 Å². The van der Waals surface area contributed by atoms with Crippen molar-refractivity contribution in [3.63, 3.8) is 0 Å². The third-order valence-electron chi connectivity index (χ3n) is 5.27. The van der Waals surface area contributed by atoms with Gasteiger partial charge in [0.2, 0.25) is 5.95 Å². The van der Waals surface area contributed by atoms with Gasteiger partial charge >= 0.3 is 0 Å². The van der Waals surface area contributed by atoms with E-state index in [1.165, 1.54) is 6.20 Å². The molecule has 34 heavy (non-hydrogen) atoms. The number of hydrogen-bond donors (Lipinski definition) is 1. The fourth-order valence-corrected chi connectivity index (χ4v) is 3.72. The highest BCUT2D eigenvalue weighted by atomic mass is 16.5. The van der Waals surface area contributed by atoms with Gasteiger partial charge in [-0.25, -0.2) is 9.97 Å². The second kappa shape index (κ2) is 8.55. The number of anilines is 2. The van der Waals surface area contributed by atoms with Gasteiger partial charge in [0.25, 0.3) is 5.78 Å². The van der Waals surface area contributed by atoms with Crippen LogP contribution in [-0.2, 0) is 0 Å². The normalized spacial score (nSPS) is 10.8. The summed E-state index contributed by atoms with van der Waals surface area (Å²) in [6, 6.07) is 15.3. The molecule has 168 valence electrons. The summed E-state index contributed by atoms with van der Waals surface area (Å²) in [5.41, 5.74) is 4.12. The molecule has 0 fully saturated rings. The molecule has 0 aliphatic heterocycles. The number of nitriles is 1. The number of nitrogens with one attached hydrogen (secondary N) is 1. The van der Waals surface area contributed by atoms with Crippen LogP contribution in [0.5, 0.6) is 11.5 Å². The number of rotatable bonds is 6. The van der Waals surface area contributed by atoms with Crippen LogP contribution in [-0.4, -0.2) is 43.4 Å². The highest BCUT2D eigenvalue weighted by Gasteiger charge is 2.18. The lowest BCUT2D eigenvalue weighted by atomic mass is 10.1. The summed E-state index contributed by atoms with van der Waals surface area (Å²) in [6.45, 7) is 1.93. The van der Waals surface area contributed by atoms with Crippen molar-refractivity contribution in [3.8, 4) is 34.5 Å². The molecule has 0 aliphatic carbocycles. The highest BCUT2D eigenvalue weighted by molar-refractivity contribution is 5.74. The molecular formula is C24H20N8O2. The minimum Gasteiger partial charge on any atom is -0.496 e. The molecule has 1 N–H and O–H groups in total. The van der Waals surface area contributed by atoms with E-state index in [9.17, 15) is 5.26 Å². The number of para-hydroxylation sites is 1. The van der Waals surface area contributed by atoms with E-state index in [0.717, 1.165) is 17.1 Å². The number of fused-ring (bicyclic) bond motifs is 1. The first-order chi connectivity index (χ1) is 16.6. The molecule has 0 spiro atoms. The van der Waals surface area contributed by atoms with E-state index in [1.54, 1.807) is 25.1 Å². The number of imidazole rings is 1. The van der Waals surface area contributed by atoms with Crippen molar-refractivity contribution in [1.29, 1.82) is 5.26 Å². The molecule has 3 aromatic heterocycles. The summed E-state index contributed by atoms with van der Waals surface area (Å²) < 4.78 is 14.5. The van der Waals surface area contributed by atoms with Gasteiger partial charge in [0.1, 0.15) is 17.6 Å². The zero-order chi connectivity index (χ0) is 23.7. The number of ether oxygens (including phenoxy) is 2. The van der Waals surface area contributed by atoms with E-state index in [0.29, 0.717) is 40.0 Å². The molecule has 10 heteroatoms. The van der Waals surface area contributed by atoms with Gasteiger partial charge < -0.3 is 19.4 Å². The Morgan fingerprint density at radius 2 is 1.85 bits per heavy atom. The van der Waals surface area contributed by atoms with E-state index in [2.05, 4.69) is 31.4 Å². The maximum Gasteiger partial charge on any atom is 0.254 e. The van der Waals surface area contributed by atoms with Crippen molar-refractivity contribution in [2.75, 3.05) is 19.5 Å². The van der Waals surface area contributed by atoms with Gasteiger partial charge in [0.15, 0.2) is 0 Å².